The predicted octanol–water partition coefficient (Wildman–Crippen LogP) is 3.54. The number of ether oxygens (including phenoxy) is 1. The van der Waals surface area contributed by atoms with Gasteiger partial charge in [0.1, 0.15) is 11.6 Å². The van der Waals surface area contributed by atoms with Crippen LogP contribution in [0.2, 0.25) is 5.02 Å². The number of methoxy groups -OCH3 is 1. The molecule has 0 saturated heterocycles. The highest BCUT2D eigenvalue weighted by Gasteiger charge is 2.04. The standard InChI is InChI=1S/C15H14ClFN2O2/c1-21-12-5-2-10(3-6-12)19-15(20)9-18-11-4-7-14(17)13(16)8-11/h2-8,18H,9H2,1H3,(H,19,20). The van der Waals surface area contributed by atoms with Gasteiger partial charge in [-0.2, -0.15) is 0 Å². The first kappa shape index (κ1) is 15.1. The van der Waals surface area contributed by atoms with Gasteiger partial charge in [-0.05, 0) is 42.5 Å². The molecule has 0 aromatic heterocycles. The van der Waals surface area contributed by atoms with Gasteiger partial charge in [0.25, 0.3) is 0 Å². The zero-order chi connectivity index (χ0) is 15.2. The first-order valence-corrected chi connectivity index (χ1v) is 6.59. The van der Waals surface area contributed by atoms with E-state index in [9.17, 15) is 9.18 Å². The molecule has 0 aliphatic heterocycles. The Balaban J connectivity index is 1.87. The zero-order valence-corrected chi connectivity index (χ0v) is 12.1. The highest BCUT2D eigenvalue weighted by atomic mass is 35.5. The number of hydrogen-bond acceptors (Lipinski definition) is 3. The Morgan fingerprint density at radius 2 is 1.86 bits per heavy atom. The Kier molecular flexibility index (Phi) is 5.00. The monoisotopic (exact) mass is 308 g/mol. The first-order chi connectivity index (χ1) is 10.1. The molecule has 0 atom stereocenters. The van der Waals surface area contributed by atoms with Crippen LogP contribution in [0.3, 0.4) is 0 Å². The van der Waals surface area contributed by atoms with Crippen LogP contribution < -0.4 is 15.4 Å². The van der Waals surface area contributed by atoms with E-state index in [1.165, 1.54) is 18.2 Å². The van der Waals surface area contributed by atoms with Crippen molar-refractivity contribution in [2.75, 3.05) is 24.3 Å². The molecule has 2 aromatic carbocycles. The lowest BCUT2D eigenvalue weighted by atomic mass is 10.3. The third-order valence-corrected chi connectivity index (χ3v) is 3.04. The van der Waals surface area contributed by atoms with Crippen molar-refractivity contribution in [2.45, 2.75) is 0 Å². The molecule has 2 N–H and O–H groups in total. The van der Waals surface area contributed by atoms with Crippen LogP contribution in [0, 0.1) is 5.82 Å². The summed E-state index contributed by atoms with van der Waals surface area (Å²) in [5, 5.41) is 5.60. The Bertz CT molecular complexity index is 632. The second kappa shape index (κ2) is 6.95. The van der Waals surface area contributed by atoms with E-state index >= 15 is 0 Å². The number of benzene rings is 2. The molecule has 0 aliphatic carbocycles. The predicted molar refractivity (Wildman–Crippen MR) is 81.5 cm³/mol. The second-order valence-corrected chi connectivity index (χ2v) is 4.67. The molecule has 2 rings (SSSR count). The third-order valence-electron chi connectivity index (χ3n) is 2.75. The summed E-state index contributed by atoms with van der Waals surface area (Å²) in [4.78, 5) is 11.8. The molecule has 0 aliphatic rings. The van der Waals surface area contributed by atoms with Gasteiger partial charge in [0.05, 0.1) is 18.7 Å². The number of anilines is 2. The minimum atomic E-state index is -0.495. The topological polar surface area (TPSA) is 50.4 Å². The largest absolute Gasteiger partial charge is 0.497 e. The van der Waals surface area contributed by atoms with Gasteiger partial charge in [-0.25, -0.2) is 4.39 Å². The fraction of sp³-hybridized carbons (Fsp3) is 0.133. The molecule has 0 radical (unpaired) electrons. The lowest BCUT2D eigenvalue weighted by Crippen LogP contribution is -2.21. The summed E-state index contributed by atoms with van der Waals surface area (Å²) in [6.07, 6.45) is 0. The van der Waals surface area contributed by atoms with Crippen molar-refractivity contribution in [3.05, 3.63) is 53.3 Å². The van der Waals surface area contributed by atoms with Crippen LogP contribution in [-0.2, 0) is 4.79 Å². The third kappa shape index (κ3) is 4.36. The molecule has 21 heavy (non-hydrogen) atoms. The van der Waals surface area contributed by atoms with Crippen LogP contribution in [0.5, 0.6) is 5.75 Å². The summed E-state index contributed by atoms with van der Waals surface area (Å²) in [5.41, 5.74) is 1.24. The number of carbonyl (C=O) groups is 1. The van der Waals surface area contributed by atoms with E-state index < -0.39 is 5.82 Å². The molecule has 110 valence electrons. The van der Waals surface area contributed by atoms with Crippen LogP contribution in [-0.4, -0.2) is 19.6 Å². The number of halogens is 2. The minimum absolute atomic E-state index is 0.00978. The summed E-state index contributed by atoms with van der Waals surface area (Å²) in [6.45, 7) is 0.0496. The average molecular weight is 309 g/mol. The minimum Gasteiger partial charge on any atom is -0.497 e. The van der Waals surface area contributed by atoms with Crippen LogP contribution in [0.25, 0.3) is 0 Å². The zero-order valence-electron chi connectivity index (χ0n) is 11.3. The maximum atomic E-state index is 13.0. The van der Waals surface area contributed by atoms with E-state index in [0.29, 0.717) is 17.1 Å². The maximum Gasteiger partial charge on any atom is 0.243 e. The van der Waals surface area contributed by atoms with E-state index in [1.54, 1.807) is 31.4 Å². The molecule has 2 aromatic rings. The normalized spacial score (nSPS) is 10.0. The quantitative estimate of drug-likeness (QED) is 0.888. The Hall–Kier alpha value is -2.27. The van der Waals surface area contributed by atoms with Crippen LogP contribution in [0.15, 0.2) is 42.5 Å². The molecular weight excluding hydrogens is 295 g/mol. The van der Waals surface area contributed by atoms with E-state index in [0.717, 1.165) is 0 Å². The van der Waals surface area contributed by atoms with E-state index in [1.807, 2.05) is 0 Å². The van der Waals surface area contributed by atoms with Gasteiger partial charge < -0.3 is 15.4 Å². The van der Waals surface area contributed by atoms with Gasteiger partial charge in [-0.3, -0.25) is 4.79 Å². The summed E-state index contributed by atoms with van der Waals surface area (Å²) >= 11 is 5.66. The van der Waals surface area contributed by atoms with Gasteiger partial charge in [0, 0.05) is 11.4 Å². The summed E-state index contributed by atoms with van der Waals surface area (Å²) in [6, 6.07) is 11.2. The molecule has 6 heteroatoms. The molecule has 0 saturated carbocycles. The maximum absolute atomic E-state index is 13.0. The van der Waals surface area contributed by atoms with Gasteiger partial charge in [-0.15, -0.1) is 0 Å². The number of rotatable bonds is 5. The molecule has 4 nitrogen and oxygen atoms in total. The number of nitrogens with one attached hydrogen (secondary N) is 2. The molecule has 0 heterocycles. The summed E-state index contributed by atoms with van der Waals surface area (Å²) in [7, 11) is 1.57. The number of hydrogen-bond donors (Lipinski definition) is 2. The van der Waals surface area contributed by atoms with Crippen molar-refractivity contribution < 1.29 is 13.9 Å². The fourth-order valence-corrected chi connectivity index (χ4v) is 1.85. The molecule has 0 bridgehead atoms. The van der Waals surface area contributed by atoms with Crippen molar-refractivity contribution in [1.29, 1.82) is 0 Å². The highest BCUT2D eigenvalue weighted by Crippen LogP contribution is 2.19. The molecule has 0 unspecified atom stereocenters. The lowest BCUT2D eigenvalue weighted by molar-refractivity contribution is -0.114. The molecular formula is C15H14ClFN2O2. The van der Waals surface area contributed by atoms with Gasteiger partial charge in [0.15, 0.2) is 0 Å². The van der Waals surface area contributed by atoms with Gasteiger partial charge >= 0.3 is 0 Å². The molecule has 1 amide bonds. The molecule has 0 spiro atoms. The van der Waals surface area contributed by atoms with E-state index in [4.69, 9.17) is 16.3 Å². The summed E-state index contributed by atoms with van der Waals surface area (Å²) < 4.78 is 18.0. The fourth-order valence-electron chi connectivity index (χ4n) is 1.67. The summed E-state index contributed by atoms with van der Waals surface area (Å²) in [5.74, 6) is -0.00223. The van der Waals surface area contributed by atoms with Crippen molar-refractivity contribution in [2.24, 2.45) is 0 Å². The van der Waals surface area contributed by atoms with Crippen molar-refractivity contribution in [3.8, 4) is 5.75 Å². The highest BCUT2D eigenvalue weighted by molar-refractivity contribution is 6.31. The Morgan fingerprint density at radius 1 is 1.19 bits per heavy atom. The van der Waals surface area contributed by atoms with Crippen LogP contribution >= 0.6 is 11.6 Å². The lowest BCUT2D eigenvalue weighted by Gasteiger charge is -2.09. The van der Waals surface area contributed by atoms with Crippen LogP contribution in [0.1, 0.15) is 0 Å². The van der Waals surface area contributed by atoms with Crippen molar-refractivity contribution in [1.82, 2.24) is 0 Å². The van der Waals surface area contributed by atoms with Crippen molar-refractivity contribution >= 4 is 28.9 Å². The average Bonchev–Trinajstić information content (AvgIpc) is 2.49. The van der Waals surface area contributed by atoms with Crippen molar-refractivity contribution in [3.63, 3.8) is 0 Å². The second-order valence-electron chi connectivity index (χ2n) is 4.26. The van der Waals surface area contributed by atoms with Crippen LogP contribution in [0.4, 0.5) is 15.8 Å². The van der Waals surface area contributed by atoms with Gasteiger partial charge in [-0.1, -0.05) is 11.6 Å². The number of carbonyl (C=O) groups excluding carboxylic acids is 1. The smallest absolute Gasteiger partial charge is 0.243 e. The SMILES string of the molecule is COc1ccc(NC(=O)CNc2ccc(F)c(Cl)c2)cc1. The number of amides is 1. The Morgan fingerprint density at radius 3 is 2.48 bits per heavy atom. The van der Waals surface area contributed by atoms with Gasteiger partial charge in [0.2, 0.25) is 5.91 Å². The van der Waals surface area contributed by atoms with E-state index in [2.05, 4.69) is 10.6 Å². The first-order valence-electron chi connectivity index (χ1n) is 6.21. The Labute approximate surface area is 126 Å². The molecule has 0 fully saturated rings. The van der Waals surface area contributed by atoms with E-state index in [-0.39, 0.29) is 17.5 Å².